The number of aliphatic hydroxyl groups is 2. The predicted octanol–water partition coefficient (Wildman–Crippen LogP) is -2.28. The lowest BCUT2D eigenvalue weighted by molar-refractivity contribution is -0.377. The molecule has 1 saturated heterocycles. The van der Waals surface area contributed by atoms with Crippen molar-refractivity contribution in [2.24, 2.45) is 0 Å². The van der Waals surface area contributed by atoms with E-state index in [0.29, 0.717) is 0 Å². The van der Waals surface area contributed by atoms with Crippen LogP contribution in [0.15, 0.2) is 48.0 Å². The van der Waals surface area contributed by atoms with Crippen LogP contribution < -0.4 is 10.5 Å². The van der Waals surface area contributed by atoms with Crippen LogP contribution in [-0.4, -0.2) is 67.6 Å². The second kappa shape index (κ2) is 8.73. The number of nitrogens with one attached hydrogen (secondary N) is 2. The van der Waals surface area contributed by atoms with E-state index in [0.717, 1.165) is 6.33 Å². The van der Waals surface area contributed by atoms with E-state index in [1.807, 2.05) is 30.6 Å². The topological polar surface area (TPSA) is 194 Å². The Kier molecular flexibility index (Phi) is 6.31. The first kappa shape index (κ1) is 21.0. The lowest BCUT2D eigenvalue weighted by atomic mass is 10.1. The van der Waals surface area contributed by atoms with E-state index < -0.39 is 47.1 Å². The van der Waals surface area contributed by atoms with Crippen LogP contribution in [-0.2, 0) is 19.3 Å². The van der Waals surface area contributed by atoms with Gasteiger partial charge < -0.3 is 24.5 Å². The van der Waals surface area contributed by atoms with Crippen molar-refractivity contribution in [1.82, 2.24) is 19.5 Å². The molecule has 4 N–H and O–H groups in total. The molecule has 1 aliphatic heterocycles. The van der Waals surface area contributed by atoms with Gasteiger partial charge in [-0.25, -0.2) is 23.4 Å². The molecule has 0 amide bonds. The van der Waals surface area contributed by atoms with Gasteiger partial charge >= 0.3 is 0 Å². The molecule has 0 spiro atoms. The average Bonchev–Trinajstić information content (AvgIpc) is 3.24. The van der Waals surface area contributed by atoms with Gasteiger partial charge in [0.2, 0.25) is 10.4 Å². The van der Waals surface area contributed by atoms with Crippen LogP contribution in [0.4, 0.5) is 0 Å². The van der Waals surface area contributed by atoms with Crippen LogP contribution in [0.2, 0.25) is 0 Å². The van der Waals surface area contributed by atoms with Gasteiger partial charge in [-0.2, -0.15) is 0 Å². The zero-order chi connectivity index (χ0) is 21.0. The molecule has 1 aliphatic rings. The van der Waals surface area contributed by atoms with E-state index >= 15 is 0 Å². The zero-order valence-electron chi connectivity index (χ0n) is 14.7. The molecule has 156 valence electrons. The first-order valence-electron chi connectivity index (χ1n) is 8.21. The van der Waals surface area contributed by atoms with E-state index in [4.69, 9.17) is 4.74 Å². The maximum absolute atomic E-state index is 11.6. The second-order valence-corrected chi connectivity index (χ2v) is 6.92. The third-order valence-corrected chi connectivity index (χ3v) is 4.39. The molecule has 3 aromatic heterocycles. The molecular weight excluding hydrogens is 410 g/mol. The summed E-state index contributed by atoms with van der Waals surface area (Å²) in [6, 6.07) is 5.86. The summed E-state index contributed by atoms with van der Waals surface area (Å²) in [5.41, 5.74) is -0.401. The Morgan fingerprint density at radius 1 is 1.24 bits per heavy atom. The first-order valence-corrected chi connectivity index (χ1v) is 9.54. The van der Waals surface area contributed by atoms with Crippen LogP contribution in [0.1, 0.15) is 6.23 Å². The summed E-state index contributed by atoms with van der Waals surface area (Å²) in [4.78, 5) is 24.6. The number of hydrogen-bond donors (Lipinski definition) is 3. The Morgan fingerprint density at radius 3 is 2.55 bits per heavy atom. The van der Waals surface area contributed by atoms with Gasteiger partial charge in [-0.3, -0.25) is 13.5 Å². The minimum atomic E-state index is -4.96. The fourth-order valence-electron chi connectivity index (χ4n) is 2.64. The number of aliphatic hydroxyl groups excluding tert-OH is 2. The van der Waals surface area contributed by atoms with Crippen LogP contribution in [0.5, 0.6) is 0 Å². The number of fused-ring (bicyclic) bond motifs is 1. The molecule has 3 aromatic rings. The number of aromatic amines is 2. The molecule has 0 bridgehead atoms. The minimum Gasteiger partial charge on any atom is -0.726 e. The smallest absolute Gasteiger partial charge is 0.278 e. The summed E-state index contributed by atoms with van der Waals surface area (Å²) in [6.45, 7) is -0.763. The van der Waals surface area contributed by atoms with Crippen molar-refractivity contribution in [3.05, 3.63) is 53.6 Å². The highest BCUT2D eigenvalue weighted by Crippen LogP contribution is 2.31. The minimum absolute atomic E-state index is 0.000347. The molecule has 13 nitrogen and oxygen atoms in total. The lowest BCUT2D eigenvalue weighted by Gasteiger charge is -2.16. The van der Waals surface area contributed by atoms with Crippen molar-refractivity contribution in [2.75, 3.05) is 6.61 Å². The number of H-pyrrole nitrogens is 2. The van der Waals surface area contributed by atoms with Crippen LogP contribution in [0.25, 0.3) is 11.2 Å². The summed E-state index contributed by atoms with van der Waals surface area (Å²) >= 11 is 0. The maximum atomic E-state index is 11.6. The number of nitrogens with zero attached hydrogens (tertiary/aromatic N) is 3. The molecule has 29 heavy (non-hydrogen) atoms. The van der Waals surface area contributed by atoms with Gasteiger partial charge in [0.1, 0.15) is 18.3 Å². The van der Waals surface area contributed by atoms with Gasteiger partial charge in [0.05, 0.1) is 19.3 Å². The number of ether oxygens (including phenoxy) is 1. The fourth-order valence-corrected chi connectivity index (χ4v) is 2.94. The van der Waals surface area contributed by atoms with Gasteiger partial charge in [0, 0.05) is 12.1 Å². The lowest BCUT2D eigenvalue weighted by Crippen LogP contribution is -2.34. The van der Waals surface area contributed by atoms with E-state index in [2.05, 4.69) is 24.1 Å². The zero-order valence-corrected chi connectivity index (χ0v) is 15.5. The van der Waals surface area contributed by atoms with Crippen molar-refractivity contribution >= 4 is 21.6 Å². The SMILES string of the molecule is O=c1[nH]cnc2c1ncn2[C@@H]1O[C@H](COS(=O)(=O)[O-])[C@@H](O)[C@H]1O.c1cc[nH+]cc1. The van der Waals surface area contributed by atoms with Crippen molar-refractivity contribution < 1.29 is 37.1 Å². The van der Waals surface area contributed by atoms with Crippen molar-refractivity contribution in [3.8, 4) is 0 Å². The number of rotatable bonds is 4. The normalized spacial score (nSPS) is 24.2. The molecule has 0 aliphatic carbocycles. The van der Waals surface area contributed by atoms with Crippen LogP contribution in [0.3, 0.4) is 0 Å². The molecule has 0 unspecified atom stereocenters. The first-order chi connectivity index (χ1) is 13.8. The van der Waals surface area contributed by atoms with E-state index in [1.54, 1.807) is 0 Å². The van der Waals surface area contributed by atoms with E-state index in [1.165, 1.54) is 10.9 Å². The standard InChI is InChI=1S/C10H12N4O8S.C5H5N/c15-6-4(1-21-23(18,19)20)22-10(7(6)16)14-3-13-5-8(14)11-2-12-9(5)17;1-2-4-6-5-3-1/h2-4,6-7,10,15-16H,1H2,(H,11,12,17)(H,18,19,20);1-5H/t4-,6-,7-,10-;/m1./s1. The number of imidazole rings is 1. The third kappa shape index (κ3) is 5.00. The average molecular weight is 427 g/mol. The highest BCUT2D eigenvalue weighted by atomic mass is 32.3. The Labute approximate surface area is 163 Å². The summed E-state index contributed by atoms with van der Waals surface area (Å²) < 4.78 is 41.9. The molecule has 1 fully saturated rings. The largest absolute Gasteiger partial charge is 0.726 e. The summed E-state index contributed by atoms with van der Waals surface area (Å²) in [6.07, 6.45) is 0.620. The van der Waals surface area contributed by atoms with E-state index in [-0.39, 0.29) is 11.2 Å². The van der Waals surface area contributed by atoms with Crippen molar-refractivity contribution in [3.63, 3.8) is 0 Å². The maximum Gasteiger partial charge on any atom is 0.278 e. The number of hydrogen-bond acceptors (Lipinski definition) is 10. The number of pyridine rings is 1. The molecule has 4 heterocycles. The summed E-state index contributed by atoms with van der Waals surface area (Å²) in [7, 11) is -4.96. The van der Waals surface area contributed by atoms with Gasteiger partial charge in [-0.05, 0) is 0 Å². The highest BCUT2D eigenvalue weighted by molar-refractivity contribution is 7.80. The molecule has 4 atom stereocenters. The van der Waals surface area contributed by atoms with Gasteiger partial charge in [-0.15, -0.1) is 0 Å². The number of aromatic nitrogens is 5. The molecular formula is C15H17N5O8S. The van der Waals surface area contributed by atoms with Crippen LogP contribution >= 0.6 is 0 Å². The monoisotopic (exact) mass is 427 g/mol. The predicted molar refractivity (Wildman–Crippen MR) is 92.7 cm³/mol. The second-order valence-electron chi connectivity index (χ2n) is 5.87. The highest BCUT2D eigenvalue weighted by Gasteiger charge is 2.44. The van der Waals surface area contributed by atoms with Crippen molar-refractivity contribution in [2.45, 2.75) is 24.5 Å². The fraction of sp³-hybridized carbons (Fsp3) is 0.333. The van der Waals surface area contributed by atoms with Gasteiger partial charge in [-0.1, -0.05) is 6.07 Å². The van der Waals surface area contributed by atoms with Crippen LogP contribution in [0, 0.1) is 0 Å². The molecule has 0 radical (unpaired) electrons. The molecule has 0 saturated carbocycles. The van der Waals surface area contributed by atoms with Gasteiger partial charge in [0.25, 0.3) is 5.56 Å². The quantitative estimate of drug-likeness (QED) is 0.301. The third-order valence-electron chi connectivity index (χ3n) is 3.96. The Morgan fingerprint density at radius 2 is 1.97 bits per heavy atom. The van der Waals surface area contributed by atoms with E-state index in [9.17, 15) is 28.0 Å². The molecule has 0 aromatic carbocycles. The summed E-state index contributed by atoms with van der Waals surface area (Å²) in [5, 5.41) is 19.9. The molecule has 4 rings (SSSR count). The summed E-state index contributed by atoms with van der Waals surface area (Å²) in [5.74, 6) is 0. The molecule has 14 heteroatoms. The Hall–Kier alpha value is -2.75. The Balaban J connectivity index is 0.000000343. The van der Waals surface area contributed by atoms with Gasteiger partial charge in [0.15, 0.2) is 29.8 Å². The van der Waals surface area contributed by atoms with Crippen molar-refractivity contribution in [1.29, 1.82) is 0 Å². The Bertz CT molecular complexity index is 1080.